The Labute approximate surface area is 156 Å². The molecule has 27 heavy (non-hydrogen) atoms. The number of hydrogen-bond donors (Lipinski definition) is 3. The normalized spacial score (nSPS) is 14.7. The molecule has 0 aromatic carbocycles. The highest BCUT2D eigenvalue weighted by Crippen LogP contribution is 2.29. The molecule has 0 saturated heterocycles. The predicted molar refractivity (Wildman–Crippen MR) is 102 cm³/mol. The van der Waals surface area contributed by atoms with Crippen LogP contribution < -0.4 is 10.6 Å². The fourth-order valence-corrected chi connectivity index (χ4v) is 3.15. The van der Waals surface area contributed by atoms with E-state index in [1.54, 1.807) is 31.6 Å². The minimum Gasteiger partial charge on any atom is -0.360 e. The number of H-pyrrole nitrogens is 1. The van der Waals surface area contributed by atoms with Gasteiger partial charge in [0.2, 0.25) is 0 Å². The topological polar surface area (TPSA) is 99.8 Å². The molecule has 0 radical (unpaired) electrons. The number of aromatic nitrogens is 3. The Morgan fingerprint density at radius 2 is 2.04 bits per heavy atom. The van der Waals surface area contributed by atoms with Crippen LogP contribution in [-0.2, 0) is 0 Å². The van der Waals surface area contributed by atoms with E-state index in [2.05, 4.69) is 25.6 Å². The number of amides is 2. The summed E-state index contributed by atoms with van der Waals surface area (Å²) in [6.07, 6.45) is 7.45. The van der Waals surface area contributed by atoms with E-state index >= 15 is 0 Å². The van der Waals surface area contributed by atoms with Gasteiger partial charge in [-0.05, 0) is 36.6 Å². The maximum atomic E-state index is 12.6. The van der Waals surface area contributed by atoms with Crippen LogP contribution in [-0.4, -0.2) is 39.9 Å². The molecule has 1 aliphatic carbocycles. The van der Waals surface area contributed by atoms with E-state index in [0.29, 0.717) is 11.3 Å². The molecule has 3 aromatic rings. The molecule has 4 rings (SSSR count). The smallest absolute Gasteiger partial charge is 0.269 e. The molecule has 0 bridgehead atoms. The first-order valence-corrected chi connectivity index (χ1v) is 9.02. The molecular formula is C20H21N5O2. The van der Waals surface area contributed by atoms with Crippen LogP contribution in [0.25, 0.3) is 10.9 Å². The van der Waals surface area contributed by atoms with E-state index in [9.17, 15) is 9.59 Å². The summed E-state index contributed by atoms with van der Waals surface area (Å²) in [5, 5.41) is 6.60. The maximum absolute atomic E-state index is 12.6. The SMILES string of the molecule is CNC(=O)c1cc(C(=O)NC2CC2)cc([C@@H](C)c2cncc3[nH]ccc23)n1. The zero-order chi connectivity index (χ0) is 19.0. The Morgan fingerprint density at radius 1 is 1.22 bits per heavy atom. The molecule has 1 aliphatic rings. The summed E-state index contributed by atoms with van der Waals surface area (Å²) in [7, 11) is 1.55. The summed E-state index contributed by atoms with van der Waals surface area (Å²) >= 11 is 0. The molecule has 3 aromatic heterocycles. The van der Waals surface area contributed by atoms with Crippen LogP contribution in [0.15, 0.2) is 36.8 Å². The molecule has 3 N–H and O–H groups in total. The summed E-state index contributed by atoms with van der Waals surface area (Å²) < 4.78 is 0. The third-order valence-electron chi connectivity index (χ3n) is 4.90. The maximum Gasteiger partial charge on any atom is 0.269 e. The molecule has 2 amide bonds. The number of carbonyl (C=O) groups excluding carboxylic acids is 2. The number of nitrogens with zero attached hydrogens (tertiary/aromatic N) is 2. The summed E-state index contributed by atoms with van der Waals surface area (Å²) in [6, 6.07) is 5.54. The lowest BCUT2D eigenvalue weighted by Crippen LogP contribution is -2.27. The first kappa shape index (κ1) is 17.2. The van der Waals surface area contributed by atoms with Gasteiger partial charge in [-0.25, -0.2) is 4.98 Å². The molecule has 1 saturated carbocycles. The van der Waals surface area contributed by atoms with Crippen molar-refractivity contribution in [2.45, 2.75) is 31.7 Å². The Balaban J connectivity index is 1.77. The van der Waals surface area contributed by atoms with E-state index in [-0.39, 0.29) is 29.5 Å². The minimum atomic E-state index is -0.317. The van der Waals surface area contributed by atoms with Crippen LogP contribution in [0.1, 0.15) is 57.8 Å². The lowest BCUT2D eigenvalue weighted by Gasteiger charge is -2.15. The number of carbonyl (C=O) groups is 2. The van der Waals surface area contributed by atoms with Crippen molar-refractivity contribution in [2.24, 2.45) is 0 Å². The molecule has 1 fully saturated rings. The van der Waals surface area contributed by atoms with Crippen LogP contribution in [0.2, 0.25) is 0 Å². The number of nitrogens with one attached hydrogen (secondary N) is 3. The average molecular weight is 363 g/mol. The molecule has 0 aliphatic heterocycles. The summed E-state index contributed by atoms with van der Waals surface area (Å²) in [4.78, 5) is 36.7. The highest BCUT2D eigenvalue weighted by atomic mass is 16.2. The van der Waals surface area contributed by atoms with Gasteiger partial charge in [0, 0.05) is 48.0 Å². The van der Waals surface area contributed by atoms with Crippen LogP contribution in [0, 0.1) is 0 Å². The molecule has 0 spiro atoms. The van der Waals surface area contributed by atoms with Crippen LogP contribution in [0.5, 0.6) is 0 Å². The second kappa shape index (κ2) is 6.83. The Morgan fingerprint density at radius 3 is 2.78 bits per heavy atom. The second-order valence-corrected chi connectivity index (χ2v) is 6.88. The minimum absolute atomic E-state index is 0.130. The van der Waals surface area contributed by atoms with Gasteiger partial charge in [0.1, 0.15) is 5.69 Å². The van der Waals surface area contributed by atoms with Crippen molar-refractivity contribution in [3.63, 3.8) is 0 Å². The fourth-order valence-electron chi connectivity index (χ4n) is 3.15. The average Bonchev–Trinajstić information content (AvgIpc) is 3.38. The van der Waals surface area contributed by atoms with Gasteiger partial charge >= 0.3 is 0 Å². The van der Waals surface area contributed by atoms with Crippen molar-refractivity contribution in [2.75, 3.05) is 7.05 Å². The third kappa shape index (κ3) is 3.40. The molecule has 138 valence electrons. The largest absolute Gasteiger partial charge is 0.360 e. The van der Waals surface area contributed by atoms with Crippen molar-refractivity contribution >= 4 is 22.7 Å². The summed E-state index contributed by atoms with van der Waals surface area (Å²) in [6.45, 7) is 2.00. The van der Waals surface area contributed by atoms with Gasteiger partial charge in [0.15, 0.2) is 0 Å². The molecule has 3 heterocycles. The summed E-state index contributed by atoms with van der Waals surface area (Å²) in [5.74, 6) is -0.618. The van der Waals surface area contributed by atoms with Gasteiger partial charge in [-0.2, -0.15) is 0 Å². The Hall–Kier alpha value is -3.22. The predicted octanol–water partition coefficient (Wildman–Crippen LogP) is 2.36. The molecule has 1 atom stereocenters. The van der Waals surface area contributed by atoms with Crippen LogP contribution in [0.3, 0.4) is 0 Å². The number of rotatable bonds is 5. The first-order chi connectivity index (χ1) is 13.1. The number of hydrogen-bond acceptors (Lipinski definition) is 4. The highest BCUT2D eigenvalue weighted by molar-refractivity contribution is 5.99. The molecule has 0 unspecified atom stereocenters. The van der Waals surface area contributed by atoms with Crippen LogP contribution >= 0.6 is 0 Å². The van der Waals surface area contributed by atoms with Gasteiger partial charge < -0.3 is 15.6 Å². The number of aromatic amines is 1. The second-order valence-electron chi connectivity index (χ2n) is 6.88. The molecule has 7 nitrogen and oxygen atoms in total. The van der Waals surface area contributed by atoms with E-state index < -0.39 is 0 Å². The highest BCUT2D eigenvalue weighted by Gasteiger charge is 2.25. The van der Waals surface area contributed by atoms with Gasteiger partial charge in [-0.15, -0.1) is 0 Å². The lowest BCUT2D eigenvalue weighted by molar-refractivity contribution is 0.0951. The van der Waals surface area contributed by atoms with Gasteiger partial charge in [-0.3, -0.25) is 14.6 Å². The van der Waals surface area contributed by atoms with Crippen molar-refractivity contribution in [1.82, 2.24) is 25.6 Å². The van der Waals surface area contributed by atoms with Crippen molar-refractivity contribution in [3.05, 3.63) is 59.3 Å². The Bertz CT molecular complexity index is 1020. The van der Waals surface area contributed by atoms with Crippen molar-refractivity contribution < 1.29 is 9.59 Å². The Kier molecular flexibility index (Phi) is 4.35. The number of pyridine rings is 2. The first-order valence-electron chi connectivity index (χ1n) is 9.02. The van der Waals surface area contributed by atoms with Gasteiger partial charge in [-0.1, -0.05) is 6.92 Å². The third-order valence-corrected chi connectivity index (χ3v) is 4.90. The zero-order valence-corrected chi connectivity index (χ0v) is 15.2. The van der Waals surface area contributed by atoms with Gasteiger partial charge in [0.25, 0.3) is 11.8 Å². The van der Waals surface area contributed by atoms with E-state index in [0.717, 1.165) is 29.3 Å². The quantitative estimate of drug-likeness (QED) is 0.648. The van der Waals surface area contributed by atoms with Crippen molar-refractivity contribution in [3.8, 4) is 0 Å². The molecule has 7 heteroatoms. The van der Waals surface area contributed by atoms with E-state index in [1.165, 1.54) is 0 Å². The monoisotopic (exact) mass is 363 g/mol. The molecular weight excluding hydrogens is 342 g/mol. The van der Waals surface area contributed by atoms with Crippen molar-refractivity contribution in [1.29, 1.82) is 0 Å². The van der Waals surface area contributed by atoms with Crippen LogP contribution in [0.4, 0.5) is 0 Å². The van der Waals surface area contributed by atoms with E-state index in [1.807, 2.05) is 19.2 Å². The lowest BCUT2D eigenvalue weighted by atomic mass is 9.94. The fraction of sp³-hybridized carbons (Fsp3) is 0.300. The number of fused-ring (bicyclic) bond motifs is 1. The zero-order valence-electron chi connectivity index (χ0n) is 15.2. The summed E-state index contributed by atoms with van der Waals surface area (Å²) in [5.41, 5.74) is 3.27. The van der Waals surface area contributed by atoms with E-state index in [4.69, 9.17) is 0 Å². The van der Waals surface area contributed by atoms with Gasteiger partial charge in [0.05, 0.1) is 11.7 Å². The standard InChI is InChI=1S/C20H21N5O2/c1-11(15-9-22-10-18-14(15)5-6-23-18)16-7-12(19(26)24-13-3-4-13)8-17(25-16)20(27)21-2/h5-11,13,23H,3-4H2,1-2H3,(H,21,27)(H,24,26)/t11-/m0/s1.